The maximum Gasteiger partial charge on any atom is 0.341 e. The number of imidazole rings is 1. The molecule has 2 aromatic heterocycles. The third-order valence-electron chi connectivity index (χ3n) is 2.12. The Balaban J connectivity index is 2.79. The molecule has 16 heavy (non-hydrogen) atoms. The standard InChI is InChI=1S/C10H7ClN2O3/c1-16-10(15)7-2-6(5-14)4-13-8(11)3-12-9(7)13/h2-5H,1H3. The molecule has 0 radical (unpaired) electrons. The van der Waals surface area contributed by atoms with Gasteiger partial charge in [0, 0.05) is 11.8 Å². The minimum atomic E-state index is -0.559. The minimum Gasteiger partial charge on any atom is -0.465 e. The largest absolute Gasteiger partial charge is 0.465 e. The van der Waals surface area contributed by atoms with E-state index in [1.807, 2.05) is 0 Å². The Bertz CT molecular complexity index is 577. The molecule has 0 atom stereocenters. The molecule has 2 aromatic rings. The number of methoxy groups -OCH3 is 1. The number of halogens is 1. The Morgan fingerprint density at radius 1 is 1.62 bits per heavy atom. The highest BCUT2D eigenvalue weighted by atomic mass is 35.5. The molecule has 0 aliphatic rings. The summed E-state index contributed by atoms with van der Waals surface area (Å²) in [5, 5.41) is 0.323. The number of hydrogen-bond acceptors (Lipinski definition) is 4. The number of carbonyl (C=O) groups excluding carboxylic acids is 2. The molecule has 0 aliphatic heterocycles. The van der Waals surface area contributed by atoms with Crippen LogP contribution in [-0.4, -0.2) is 28.7 Å². The molecule has 5 nitrogen and oxygen atoms in total. The number of nitrogens with zero attached hydrogens (tertiary/aromatic N) is 2. The van der Waals surface area contributed by atoms with Crippen LogP contribution in [-0.2, 0) is 4.74 Å². The Labute approximate surface area is 95.6 Å². The lowest BCUT2D eigenvalue weighted by molar-refractivity contribution is 0.0602. The van der Waals surface area contributed by atoms with E-state index >= 15 is 0 Å². The van der Waals surface area contributed by atoms with Crippen LogP contribution in [0.25, 0.3) is 5.65 Å². The van der Waals surface area contributed by atoms with Gasteiger partial charge >= 0.3 is 5.97 Å². The summed E-state index contributed by atoms with van der Waals surface area (Å²) >= 11 is 5.85. The minimum absolute atomic E-state index is 0.207. The lowest BCUT2D eigenvalue weighted by Gasteiger charge is -2.03. The van der Waals surface area contributed by atoms with Gasteiger partial charge in [0.15, 0.2) is 11.9 Å². The summed E-state index contributed by atoms with van der Waals surface area (Å²) in [7, 11) is 1.26. The molecule has 2 heterocycles. The fourth-order valence-electron chi connectivity index (χ4n) is 1.40. The molecule has 82 valence electrons. The lowest BCUT2D eigenvalue weighted by atomic mass is 10.2. The Morgan fingerprint density at radius 3 is 3.00 bits per heavy atom. The molecule has 0 amide bonds. The number of carbonyl (C=O) groups is 2. The lowest BCUT2D eigenvalue weighted by Crippen LogP contribution is -2.06. The number of pyridine rings is 1. The SMILES string of the molecule is COC(=O)c1cc(C=O)cn2c(Cl)cnc12. The molecule has 0 fully saturated rings. The molecule has 6 heteroatoms. The highest BCUT2D eigenvalue weighted by Gasteiger charge is 2.15. The Hall–Kier alpha value is -1.88. The first kappa shape index (κ1) is 10.6. The van der Waals surface area contributed by atoms with Crippen LogP contribution in [0.4, 0.5) is 0 Å². The van der Waals surface area contributed by atoms with Crippen molar-refractivity contribution in [2.75, 3.05) is 7.11 Å². The molecule has 0 spiro atoms. The molecule has 0 saturated carbocycles. The maximum absolute atomic E-state index is 11.5. The first-order valence-corrected chi connectivity index (χ1v) is 4.75. The zero-order valence-electron chi connectivity index (χ0n) is 8.31. The summed E-state index contributed by atoms with van der Waals surface area (Å²) in [6.45, 7) is 0. The van der Waals surface area contributed by atoms with Crippen LogP contribution in [0, 0.1) is 0 Å². The van der Waals surface area contributed by atoms with Crippen molar-refractivity contribution >= 4 is 29.5 Å². The van der Waals surface area contributed by atoms with Crippen molar-refractivity contribution in [2.45, 2.75) is 0 Å². The highest BCUT2D eigenvalue weighted by molar-refractivity contribution is 6.29. The van der Waals surface area contributed by atoms with Crippen molar-refractivity contribution in [3.63, 3.8) is 0 Å². The van der Waals surface area contributed by atoms with E-state index in [0.29, 0.717) is 22.6 Å². The van der Waals surface area contributed by atoms with Crippen molar-refractivity contribution in [2.24, 2.45) is 0 Å². The molecule has 0 aliphatic carbocycles. The first-order chi connectivity index (χ1) is 7.67. The van der Waals surface area contributed by atoms with E-state index in [9.17, 15) is 9.59 Å². The van der Waals surface area contributed by atoms with Crippen molar-refractivity contribution < 1.29 is 14.3 Å². The van der Waals surface area contributed by atoms with Crippen LogP contribution in [0.5, 0.6) is 0 Å². The summed E-state index contributed by atoms with van der Waals surface area (Å²) in [5.41, 5.74) is 0.897. The summed E-state index contributed by atoms with van der Waals surface area (Å²) < 4.78 is 6.06. The highest BCUT2D eigenvalue weighted by Crippen LogP contribution is 2.18. The van der Waals surface area contributed by atoms with Gasteiger partial charge in [-0.15, -0.1) is 0 Å². The topological polar surface area (TPSA) is 60.7 Å². The van der Waals surface area contributed by atoms with Gasteiger partial charge < -0.3 is 4.74 Å². The molecule has 0 unspecified atom stereocenters. The summed E-state index contributed by atoms with van der Waals surface area (Å²) in [6.07, 6.45) is 3.53. The van der Waals surface area contributed by atoms with Gasteiger partial charge in [-0.05, 0) is 6.07 Å². The van der Waals surface area contributed by atoms with Crippen molar-refractivity contribution in [3.8, 4) is 0 Å². The van der Waals surface area contributed by atoms with E-state index < -0.39 is 5.97 Å². The fraction of sp³-hybridized carbons (Fsp3) is 0.100. The van der Waals surface area contributed by atoms with Gasteiger partial charge in [0.25, 0.3) is 0 Å². The van der Waals surface area contributed by atoms with Gasteiger partial charge in [0.05, 0.1) is 13.3 Å². The number of aromatic nitrogens is 2. The van der Waals surface area contributed by atoms with Gasteiger partial charge in [0.1, 0.15) is 10.7 Å². The number of fused-ring (bicyclic) bond motifs is 1. The summed E-state index contributed by atoms with van der Waals surface area (Å²) in [4.78, 5) is 26.2. The van der Waals surface area contributed by atoms with Crippen molar-refractivity contribution in [3.05, 3.63) is 34.7 Å². The third kappa shape index (κ3) is 1.55. The van der Waals surface area contributed by atoms with Crippen LogP contribution in [0.2, 0.25) is 5.15 Å². The van der Waals surface area contributed by atoms with Crippen LogP contribution in [0.1, 0.15) is 20.7 Å². The van der Waals surface area contributed by atoms with Crippen molar-refractivity contribution in [1.82, 2.24) is 9.38 Å². The average molecular weight is 239 g/mol. The number of esters is 1. The number of aldehydes is 1. The molecule has 2 rings (SSSR count). The maximum atomic E-state index is 11.5. The monoisotopic (exact) mass is 238 g/mol. The molecule has 0 aromatic carbocycles. The van der Waals surface area contributed by atoms with Crippen LogP contribution in [0.3, 0.4) is 0 Å². The van der Waals surface area contributed by atoms with Gasteiger partial charge in [-0.3, -0.25) is 9.20 Å². The quantitative estimate of drug-likeness (QED) is 0.589. The van der Waals surface area contributed by atoms with E-state index in [-0.39, 0.29) is 5.56 Å². The zero-order valence-corrected chi connectivity index (χ0v) is 9.06. The van der Waals surface area contributed by atoms with Crippen LogP contribution >= 0.6 is 11.6 Å². The summed E-state index contributed by atoms with van der Waals surface area (Å²) in [5.74, 6) is -0.559. The third-order valence-corrected chi connectivity index (χ3v) is 2.40. The van der Waals surface area contributed by atoms with E-state index in [2.05, 4.69) is 9.72 Å². The van der Waals surface area contributed by atoms with E-state index in [1.165, 1.54) is 30.0 Å². The Morgan fingerprint density at radius 2 is 2.38 bits per heavy atom. The second-order valence-electron chi connectivity index (χ2n) is 3.07. The predicted octanol–water partition coefficient (Wildman–Crippen LogP) is 1.59. The second-order valence-corrected chi connectivity index (χ2v) is 3.46. The van der Waals surface area contributed by atoms with Crippen LogP contribution < -0.4 is 0 Å². The zero-order chi connectivity index (χ0) is 11.7. The van der Waals surface area contributed by atoms with Crippen LogP contribution in [0.15, 0.2) is 18.5 Å². The van der Waals surface area contributed by atoms with Crippen molar-refractivity contribution in [1.29, 1.82) is 0 Å². The van der Waals surface area contributed by atoms with E-state index in [1.54, 1.807) is 0 Å². The average Bonchev–Trinajstić information content (AvgIpc) is 2.69. The van der Waals surface area contributed by atoms with Gasteiger partial charge in [-0.1, -0.05) is 11.6 Å². The first-order valence-electron chi connectivity index (χ1n) is 4.37. The normalized spacial score (nSPS) is 10.4. The Kier molecular flexibility index (Phi) is 2.62. The molecule has 0 saturated heterocycles. The van der Waals surface area contributed by atoms with Gasteiger partial charge in [-0.2, -0.15) is 0 Å². The van der Waals surface area contributed by atoms with Gasteiger partial charge in [-0.25, -0.2) is 9.78 Å². The smallest absolute Gasteiger partial charge is 0.341 e. The number of rotatable bonds is 2. The predicted molar refractivity (Wildman–Crippen MR) is 56.9 cm³/mol. The van der Waals surface area contributed by atoms with E-state index in [0.717, 1.165) is 0 Å². The number of ether oxygens (including phenoxy) is 1. The molecular formula is C10H7ClN2O3. The number of hydrogen-bond donors (Lipinski definition) is 0. The summed E-state index contributed by atoms with van der Waals surface area (Å²) in [6, 6.07) is 1.41. The molecular weight excluding hydrogens is 232 g/mol. The molecule has 0 N–H and O–H groups in total. The fourth-order valence-corrected chi connectivity index (χ4v) is 1.58. The van der Waals surface area contributed by atoms with E-state index in [4.69, 9.17) is 11.6 Å². The van der Waals surface area contributed by atoms with Gasteiger partial charge in [0.2, 0.25) is 0 Å². The molecule has 0 bridgehead atoms. The second kappa shape index (κ2) is 3.94.